The van der Waals surface area contributed by atoms with Gasteiger partial charge in [0.05, 0.1) is 30.0 Å². The van der Waals surface area contributed by atoms with Crippen LogP contribution in [0.5, 0.6) is 17.2 Å². The Morgan fingerprint density at radius 1 is 0.568 bits per heavy atom. The zero-order valence-electron chi connectivity index (χ0n) is 20.0. The maximum Gasteiger partial charge on any atom is 0.236 e. The van der Waals surface area contributed by atoms with Crippen molar-refractivity contribution in [2.75, 3.05) is 16.6 Å². The minimum atomic E-state index is -3.88. The molecule has 0 aliphatic rings. The second-order valence-electron chi connectivity index (χ2n) is 8.18. The third-order valence-corrected chi connectivity index (χ3v) is 7.70. The first kappa shape index (κ1) is 26.1. The largest absolute Gasteiger partial charge is 0.497 e. The van der Waals surface area contributed by atoms with Gasteiger partial charge in [-0.1, -0.05) is 60.7 Å². The van der Waals surface area contributed by atoms with Crippen molar-refractivity contribution in [1.29, 1.82) is 0 Å². The van der Waals surface area contributed by atoms with Gasteiger partial charge in [0.1, 0.15) is 17.2 Å². The van der Waals surface area contributed by atoms with Crippen LogP contribution >= 0.6 is 0 Å². The van der Waals surface area contributed by atoms with Crippen molar-refractivity contribution in [1.82, 2.24) is 0 Å². The molecule has 10 heteroatoms. The number of ether oxygens (including phenoxy) is 2. The van der Waals surface area contributed by atoms with Crippen molar-refractivity contribution in [3.63, 3.8) is 0 Å². The van der Waals surface area contributed by atoms with Gasteiger partial charge < -0.3 is 9.47 Å². The maximum atomic E-state index is 13.0. The van der Waals surface area contributed by atoms with E-state index in [9.17, 15) is 16.8 Å². The van der Waals surface area contributed by atoms with Crippen LogP contribution in [0, 0.1) is 0 Å². The highest BCUT2D eigenvalue weighted by atomic mass is 32.2. The third-order valence-electron chi connectivity index (χ3n) is 5.22. The number of rotatable bonds is 11. The second kappa shape index (κ2) is 11.4. The molecule has 0 saturated carbocycles. The van der Waals surface area contributed by atoms with Crippen LogP contribution in [0.3, 0.4) is 0 Å². The molecule has 0 radical (unpaired) electrons. The van der Waals surface area contributed by atoms with Crippen molar-refractivity contribution < 1.29 is 26.3 Å². The van der Waals surface area contributed by atoms with E-state index in [4.69, 9.17) is 9.47 Å². The molecule has 2 N–H and O–H groups in total. The molecule has 0 bridgehead atoms. The highest BCUT2D eigenvalue weighted by Gasteiger charge is 2.19. The van der Waals surface area contributed by atoms with Crippen LogP contribution < -0.4 is 18.9 Å². The molecule has 4 aromatic rings. The molecule has 4 aromatic carbocycles. The Morgan fingerprint density at radius 2 is 1.03 bits per heavy atom. The Bertz CT molecular complexity index is 1540. The van der Waals surface area contributed by atoms with Gasteiger partial charge in [0.25, 0.3) is 0 Å². The van der Waals surface area contributed by atoms with Crippen molar-refractivity contribution in [2.45, 2.75) is 11.5 Å². The van der Waals surface area contributed by atoms with Gasteiger partial charge in [0.2, 0.25) is 20.0 Å². The molecule has 0 spiro atoms. The second-order valence-corrected chi connectivity index (χ2v) is 11.6. The summed E-state index contributed by atoms with van der Waals surface area (Å²) in [6, 6.07) is 28.7. The number of hydrogen-bond donors (Lipinski definition) is 2. The Labute approximate surface area is 217 Å². The molecule has 192 valence electrons. The quantitative estimate of drug-likeness (QED) is 0.266. The minimum Gasteiger partial charge on any atom is -0.497 e. The standard InChI is InChI=1S/C27H26N2O6S2/c1-34-23-12-14-24(15-13-23)35-25-16-17-26(28-36(30,31)19-21-8-4-2-5-9-21)27(18-25)29-37(32,33)20-22-10-6-3-7-11-22/h2-18,28-29H,19-20H2,1H3. The lowest BCUT2D eigenvalue weighted by Gasteiger charge is -2.16. The molecule has 0 amide bonds. The average molecular weight is 539 g/mol. The van der Waals surface area contributed by atoms with E-state index in [1.165, 1.54) is 12.1 Å². The van der Waals surface area contributed by atoms with Gasteiger partial charge in [0.15, 0.2) is 0 Å². The highest BCUT2D eigenvalue weighted by molar-refractivity contribution is 7.92. The molecule has 8 nitrogen and oxygen atoms in total. The van der Waals surface area contributed by atoms with E-state index in [1.807, 2.05) is 0 Å². The van der Waals surface area contributed by atoms with Crippen LogP contribution in [0.15, 0.2) is 103 Å². The fourth-order valence-electron chi connectivity index (χ4n) is 3.53. The molecule has 0 fully saturated rings. The van der Waals surface area contributed by atoms with Gasteiger partial charge >= 0.3 is 0 Å². The zero-order valence-corrected chi connectivity index (χ0v) is 21.6. The number of methoxy groups -OCH3 is 1. The Balaban J connectivity index is 1.62. The number of nitrogens with one attached hydrogen (secondary N) is 2. The van der Waals surface area contributed by atoms with E-state index in [0.29, 0.717) is 28.4 Å². The first-order chi connectivity index (χ1) is 17.7. The SMILES string of the molecule is COc1ccc(Oc2ccc(NS(=O)(=O)Cc3ccccc3)c(NS(=O)(=O)Cc3ccccc3)c2)cc1. The summed E-state index contributed by atoms with van der Waals surface area (Å²) in [6.07, 6.45) is 0. The maximum absolute atomic E-state index is 13.0. The zero-order chi connectivity index (χ0) is 26.3. The van der Waals surface area contributed by atoms with Crippen LogP contribution in [0.1, 0.15) is 11.1 Å². The number of benzene rings is 4. The predicted octanol–water partition coefficient (Wildman–Crippen LogP) is 5.37. The normalized spacial score (nSPS) is 11.5. The Morgan fingerprint density at radius 3 is 1.54 bits per heavy atom. The topological polar surface area (TPSA) is 111 Å². The summed E-state index contributed by atoms with van der Waals surface area (Å²) in [6.45, 7) is 0. The molecule has 4 rings (SSSR count). The number of anilines is 2. The molecular weight excluding hydrogens is 512 g/mol. The molecule has 0 atom stereocenters. The van der Waals surface area contributed by atoms with Crippen LogP contribution in [-0.2, 0) is 31.6 Å². The predicted molar refractivity (Wildman–Crippen MR) is 145 cm³/mol. The van der Waals surface area contributed by atoms with Gasteiger partial charge in [-0.25, -0.2) is 16.8 Å². The van der Waals surface area contributed by atoms with Gasteiger partial charge in [-0.2, -0.15) is 0 Å². The molecule has 0 aliphatic heterocycles. The van der Waals surface area contributed by atoms with Crippen LogP contribution in [-0.4, -0.2) is 23.9 Å². The lowest BCUT2D eigenvalue weighted by Crippen LogP contribution is -2.19. The monoisotopic (exact) mass is 538 g/mol. The third kappa shape index (κ3) is 7.73. The summed E-state index contributed by atoms with van der Waals surface area (Å²) in [7, 11) is -6.17. The average Bonchev–Trinajstić information content (AvgIpc) is 2.86. The summed E-state index contributed by atoms with van der Waals surface area (Å²) < 4.78 is 67.7. The van der Waals surface area contributed by atoms with E-state index in [0.717, 1.165) is 0 Å². The van der Waals surface area contributed by atoms with E-state index in [1.54, 1.807) is 98.1 Å². The van der Waals surface area contributed by atoms with Gasteiger partial charge in [-0.05, 0) is 47.5 Å². The van der Waals surface area contributed by atoms with Gasteiger partial charge in [-0.15, -0.1) is 0 Å². The summed E-state index contributed by atoms with van der Waals surface area (Å²) >= 11 is 0. The Kier molecular flexibility index (Phi) is 8.00. The van der Waals surface area contributed by atoms with E-state index in [-0.39, 0.29) is 22.9 Å². The van der Waals surface area contributed by atoms with Gasteiger partial charge in [0, 0.05) is 6.07 Å². The minimum absolute atomic E-state index is 0.0404. The number of sulfonamides is 2. The fourth-order valence-corrected chi connectivity index (χ4v) is 5.96. The van der Waals surface area contributed by atoms with Crippen LogP contribution in [0.4, 0.5) is 11.4 Å². The summed E-state index contributed by atoms with van der Waals surface area (Å²) in [5, 5.41) is 0. The van der Waals surface area contributed by atoms with Crippen molar-refractivity contribution in [3.8, 4) is 17.2 Å². The molecule has 0 unspecified atom stereocenters. The van der Waals surface area contributed by atoms with Gasteiger partial charge in [-0.3, -0.25) is 9.44 Å². The summed E-state index contributed by atoms with van der Waals surface area (Å²) in [5.41, 5.74) is 1.31. The van der Waals surface area contributed by atoms with Crippen molar-refractivity contribution >= 4 is 31.4 Å². The lowest BCUT2D eigenvalue weighted by molar-refractivity contribution is 0.413. The van der Waals surface area contributed by atoms with Crippen molar-refractivity contribution in [3.05, 3.63) is 114 Å². The van der Waals surface area contributed by atoms with E-state index in [2.05, 4.69) is 9.44 Å². The first-order valence-corrected chi connectivity index (χ1v) is 14.6. The highest BCUT2D eigenvalue weighted by Crippen LogP contribution is 2.32. The van der Waals surface area contributed by atoms with Crippen LogP contribution in [0.2, 0.25) is 0 Å². The summed E-state index contributed by atoms with van der Waals surface area (Å²) in [5.74, 6) is 0.914. The molecule has 37 heavy (non-hydrogen) atoms. The van der Waals surface area contributed by atoms with E-state index < -0.39 is 20.0 Å². The molecular formula is C27H26N2O6S2. The first-order valence-electron chi connectivity index (χ1n) is 11.3. The molecule has 0 heterocycles. The molecule has 0 saturated heterocycles. The van der Waals surface area contributed by atoms with Crippen LogP contribution in [0.25, 0.3) is 0 Å². The summed E-state index contributed by atoms with van der Waals surface area (Å²) in [4.78, 5) is 0. The molecule has 0 aliphatic carbocycles. The van der Waals surface area contributed by atoms with E-state index >= 15 is 0 Å². The number of hydrogen-bond acceptors (Lipinski definition) is 6. The smallest absolute Gasteiger partial charge is 0.236 e. The Hall–Kier alpha value is -4.02. The lowest BCUT2D eigenvalue weighted by atomic mass is 10.2. The molecule has 0 aromatic heterocycles. The fraction of sp³-hybridized carbons (Fsp3) is 0.111. The van der Waals surface area contributed by atoms with Crippen molar-refractivity contribution in [2.24, 2.45) is 0 Å².